The van der Waals surface area contributed by atoms with E-state index in [0.29, 0.717) is 11.4 Å². The van der Waals surface area contributed by atoms with E-state index in [2.05, 4.69) is 33.9 Å². The minimum atomic E-state index is -2.01. The molecule has 5 heteroatoms. The van der Waals surface area contributed by atoms with Crippen LogP contribution in [0.2, 0.25) is 18.1 Å². The van der Waals surface area contributed by atoms with E-state index in [9.17, 15) is 4.79 Å². The number of hydrogen-bond acceptors (Lipinski definition) is 3. The van der Waals surface area contributed by atoms with E-state index in [1.54, 1.807) is 6.07 Å². The van der Waals surface area contributed by atoms with E-state index in [1.807, 2.05) is 0 Å². The van der Waals surface area contributed by atoms with Crippen LogP contribution in [0.4, 0.5) is 5.69 Å². The topological polar surface area (TPSA) is 72.5 Å². The monoisotopic (exact) mass is 267 g/mol. The molecule has 0 spiro atoms. The lowest BCUT2D eigenvalue weighted by Gasteiger charge is -2.36. The Morgan fingerprint density at radius 2 is 1.89 bits per heavy atom. The molecule has 0 aliphatic heterocycles. The van der Waals surface area contributed by atoms with E-state index in [4.69, 9.17) is 15.3 Å². The fourth-order valence-corrected chi connectivity index (χ4v) is 2.22. The first kappa shape index (κ1) is 14.6. The van der Waals surface area contributed by atoms with E-state index in [1.165, 1.54) is 12.1 Å². The van der Waals surface area contributed by atoms with Crippen LogP contribution in [0, 0.1) is 0 Å². The number of carboxylic acid groups (broad SMARTS) is 1. The Balaban J connectivity index is 3.11. The SMILES string of the molecule is CC(C)(C)[Si](C)(C)Oc1cc(C(=O)O)ccc1N. The summed E-state index contributed by atoms with van der Waals surface area (Å²) in [7, 11) is -2.01. The van der Waals surface area contributed by atoms with Crippen LogP contribution in [-0.2, 0) is 0 Å². The maximum absolute atomic E-state index is 10.9. The maximum Gasteiger partial charge on any atom is 0.335 e. The van der Waals surface area contributed by atoms with Crippen molar-refractivity contribution in [3.05, 3.63) is 23.8 Å². The second kappa shape index (κ2) is 4.64. The number of benzene rings is 1. The third kappa shape index (κ3) is 3.04. The van der Waals surface area contributed by atoms with E-state index < -0.39 is 14.3 Å². The first-order chi connectivity index (χ1) is 8.04. The van der Waals surface area contributed by atoms with Gasteiger partial charge in [-0.1, -0.05) is 20.8 Å². The molecule has 0 saturated carbocycles. The molecule has 18 heavy (non-hydrogen) atoms. The van der Waals surface area contributed by atoms with Gasteiger partial charge in [-0.3, -0.25) is 0 Å². The van der Waals surface area contributed by atoms with Crippen LogP contribution in [0.5, 0.6) is 5.75 Å². The molecule has 0 unspecified atom stereocenters. The van der Waals surface area contributed by atoms with E-state index in [0.717, 1.165) is 0 Å². The second-order valence-corrected chi connectivity index (χ2v) is 10.6. The maximum atomic E-state index is 10.9. The molecule has 0 amide bonds. The van der Waals surface area contributed by atoms with Crippen LogP contribution >= 0.6 is 0 Å². The Hall–Kier alpha value is -1.49. The summed E-state index contributed by atoms with van der Waals surface area (Å²) in [6.45, 7) is 10.6. The molecule has 1 aromatic rings. The molecule has 100 valence electrons. The molecule has 1 aromatic carbocycles. The number of rotatable bonds is 3. The molecule has 0 saturated heterocycles. The van der Waals surface area contributed by atoms with Crippen LogP contribution in [-0.4, -0.2) is 19.4 Å². The van der Waals surface area contributed by atoms with Gasteiger partial charge in [0.1, 0.15) is 5.75 Å². The van der Waals surface area contributed by atoms with Crippen molar-refractivity contribution in [1.29, 1.82) is 0 Å². The summed E-state index contributed by atoms with van der Waals surface area (Å²) < 4.78 is 6.04. The van der Waals surface area contributed by atoms with Crippen LogP contribution in [0.15, 0.2) is 18.2 Å². The van der Waals surface area contributed by atoms with E-state index in [-0.39, 0.29) is 10.6 Å². The number of carbonyl (C=O) groups is 1. The summed E-state index contributed by atoms with van der Waals surface area (Å²) in [6.07, 6.45) is 0. The molecule has 0 bridgehead atoms. The zero-order valence-corrected chi connectivity index (χ0v) is 12.6. The fraction of sp³-hybridized carbons (Fsp3) is 0.462. The van der Waals surface area contributed by atoms with Crippen LogP contribution in [0.3, 0.4) is 0 Å². The van der Waals surface area contributed by atoms with Crippen molar-refractivity contribution in [2.45, 2.75) is 38.9 Å². The van der Waals surface area contributed by atoms with Crippen molar-refractivity contribution < 1.29 is 14.3 Å². The highest BCUT2D eigenvalue weighted by molar-refractivity contribution is 6.74. The minimum Gasteiger partial charge on any atom is -0.542 e. The summed E-state index contributed by atoms with van der Waals surface area (Å²) in [5.74, 6) is -0.503. The third-order valence-electron chi connectivity index (χ3n) is 3.43. The molecule has 0 fully saturated rings. The Morgan fingerprint density at radius 1 is 1.33 bits per heavy atom. The van der Waals surface area contributed by atoms with Crippen LogP contribution < -0.4 is 10.2 Å². The lowest BCUT2D eigenvalue weighted by Crippen LogP contribution is -2.44. The normalized spacial score (nSPS) is 12.3. The minimum absolute atomic E-state index is 0.0403. The summed E-state index contributed by atoms with van der Waals surface area (Å²) in [4.78, 5) is 10.9. The highest BCUT2D eigenvalue weighted by atomic mass is 28.4. The quantitative estimate of drug-likeness (QED) is 0.650. The number of aromatic carboxylic acids is 1. The number of anilines is 1. The molecular formula is C13H21NO3Si. The van der Waals surface area contributed by atoms with Gasteiger partial charge in [-0.2, -0.15) is 0 Å². The molecule has 0 atom stereocenters. The van der Waals surface area contributed by atoms with Gasteiger partial charge < -0.3 is 15.3 Å². The molecule has 0 aliphatic rings. The Kier molecular flexibility index (Phi) is 3.76. The Bertz CT molecular complexity index is 464. The highest BCUT2D eigenvalue weighted by Crippen LogP contribution is 2.38. The van der Waals surface area contributed by atoms with Crippen molar-refractivity contribution in [2.24, 2.45) is 0 Å². The van der Waals surface area contributed by atoms with Crippen molar-refractivity contribution in [2.75, 3.05) is 5.73 Å². The fourth-order valence-electron chi connectivity index (χ4n) is 1.18. The molecular weight excluding hydrogens is 246 g/mol. The zero-order chi connectivity index (χ0) is 14.1. The third-order valence-corrected chi connectivity index (χ3v) is 7.77. The van der Waals surface area contributed by atoms with Crippen molar-refractivity contribution >= 4 is 20.0 Å². The predicted molar refractivity (Wildman–Crippen MR) is 75.6 cm³/mol. The molecule has 4 nitrogen and oxygen atoms in total. The summed E-state index contributed by atoms with van der Waals surface area (Å²) in [5.41, 5.74) is 6.51. The van der Waals surface area contributed by atoms with Crippen molar-refractivity contribution in [3.8, 4) is 5.75 Å². The lowest BCUT2D eigenvalue weighted by molar-refractivity contribution is 0.0696. The average Bonchev–Trinajstić information content (AvgIpc) is 2.18. The second-order valence-electron chi connectivity index (χ2n) is 5.92. The number of nitrogen functional groups attached to an aromatic ring is 1. The largest absolute Gasteiger partial charge is 0.542 e. The molecule has 0 radical (unpaired) electrons. The van der Waals surface area contributed by atoms with Gasteiger partial charge in [0.15, 0.2) is 0 Å². The smallest absolute Gasteiger partial charge is 0.335 e. The van der Waals surface area contributed by atoms with Crippen LogP contribution in [0.1, 0.15) is 31.1 Å². The summed E-state index contributed by atoms with van der Waals surface area (Å²) in [5, 5.41) is 9.01. The van der Waals surface area contributed by atoms with Gasteiger partial charge in [0.2, 0.25) is 0 Å². The van der Waals surface area contributed by atoms with Crippen molar-refractivity contribution in [3.63, 3.8) is 0 Å². The Labute approximate surface area is 109 Å². The first-order valence-corrected chi connectivity index (χ1v) is 8.77. The van der Waals surface area contributed by atoms with Gasteiger partial charge in [0.25, 0.3) is 8.32 Å². The highest BCUT2D eigenvalue weighted by Gasteiger charge is 2.39. The molecule has 0 heterocycles. The number of hydrogen-bond donors (Lipinski definition) is 2. The zero-order valence-electron chi connectivity index (χ0n) is 11.6. The summed E-state index contributed by atoms with van der Waals surface area (Å²) >= 11 is 0. The van der Waals surface area contributed by atoms with Gasteiger partial charge in [0.05, 0.1) is 11.3 Å². The molecule has 1 rings (SSSR count). The van der Waals surface area contributed by atoms with Crippen LogP contribution in [0.25, 0.3) is 0 Å². The molecule has 0 aliphatic carbocycles. The molecule has 0 aromatic heterocycles. The van der Waals surface area contributed by atoms with Gasteiger partial charge in [-0.15, -0.1) is 0 Å². The summed E-state index contributed by atoms with van der Waals surface area (Å²) in [6, 6.07) is 4.56. The van der Waals surface area contributed by atoms with Crippen molar-refractivity contribution in [1.82, 2.24) is 0 Å². The van der Waals surface area contributed by atoms with Gasteiger partial charge in [-0.25, -0.2) is 4.79 Å². The first-order valence-electron chi connectivity index (χ1n) is 5.86. The number of carboxylic acids is 1. The predicted octanol–water partition coefficient (Wildman–Crippen LogP) is 3.35. The number of nitrogens with two attached hydrogens (primary N) is 1. The van der Waals surface area contributed by atoms with E-state index >= 15 is 0 Å². The standard InChI is InChI=1S/C13H21NO3Si/c1-13(2,3)18(4,5)17-11-8-9(12(15)16)6-7-10(11)14/h6-8H,14H2,1-5H3,(H,15,16). The molecule has 3 N–H and O–H groups in total. The lowest BCUT2D eigenvalue weighted by atomic mass is 10.2. The Morgan fingerprint density at radius 3 is 2.33 bits per heavy atom. The van der Waals surface area contributed by atoms with Gasteiger partial charge in [0, 0.05) is 0 Å². The average molecular weight is 267 g/mol. The van der Waals surface area contributed by atoms with Gasteiger partial charge in [-0.05, 0) is 36.3 Å². The van der Waals surface area contributed by atoms with Gasteiger partial charge >= 0.3 is 5.97 Å².